The molecule has 1 atom stereocenters. The van der Waals surface area contributed by atoms with Crippen molar-refractivity contribution < 1.29 is 14.7 Å². The normalized spacial score (nSPS) is 11.9. The van der Waals surface area contributed by atoms with Crippen molar-refractivity contribution in [1.82, 2.24) is 5.32 Å². The molecule has 0 aromatic heterocycles. The topological polar surface area (TPSA) is 66.4 Å². The van der Waals surface area contributed by atoms with Gasteiger partial charge in [0, 0.05) is 10.0 Å². The van der Waals surface area contributed by atoms with E-state index in [1.807, 2.05) is 0 Å². The van der Waals surface area contributed by atoms with Crippen molar-refractivity contribution in [2.45, 2.75) is 19.9 Å². The number of amides is 1. The van der Waals surface area contributed by atoms with E-state index in [1.165, 1.54) is 6.92 Å². The average molecular weight is 286 g/mol. The van der Waals surface area contributed by atoms with Crippen LogP contribution in [0.25, 0.3) is 0 Å². The highest BCUT2D eigenvalue weighted by Crippen LogP contribution is 2.15. The number of hydrogen-bond donors (Lipinski definition) is 2. The fraction of sp³-hybridized carbons (Fsp3) is 0.273. The van der Waals surface area contributed by atoms with Crippen LogP contribution < -0.4 is 5.32 Å². The second-order valence-corrected chi connectivity index (χ2v) is 4.41. The minimum absolute atomic E-state index is 0.375. The van der Waals surface area contributed by atoms with Gasteiger partial charge < -0.3 is 10.4 Å². The third kappa shape index (κ3) is 3.06. The van der Waals surface area contributed by atoms with Crippen LogP contribution in [0.15, 0.2) is 22.7 Å². The Morgan fingerprint density at radius 2 is 2.06 bits per heavy atom. The molecule has 1 amide bonds. The first-order valence-corrected chi connectivity index (χ1v) is 5.51. The van der Waals surface area contributed by atoms with Crippen LogP contribution in [0.5, 0.6) is 0 Å². The quantitative estimate of drug-likeness (QED) is 0.892. The SMILES string of the molecule is Cc1cc(Br)ccc1C(=O)N[C@H](C)C(=O)O. The Balaban J connectivity index is 2.85. The number of benzene rings is 1. The van der Waals surface area contributed by atoms with E-state index in [0.717, 1.165) is 10.0 Å². The van der Waals surface area contributed by atoms with Crippen LogP contribution in [-0.4, -0.2) is 23.0 Å². The summed E-state index contributed by atoms with van der Waals surface area (Å²) in [5.74, 6) is -1.43. The van der Waals surface area contributed by atoms with Crippen molar-refractivity contribution in [2.75, 3.05) is 0 Å². The molecule has 0 saturated carbocycles. The molecule has 86 valence electrons. The number of aliphatic carboxylic acids is 1. The van der Waals surface area contributed by atoms with E-state index in [1.54, 1.807) is 25.1 Å². The second kappa shape index (κ2) is 5.12. The predicted octanol–water partition coefficient (Wildman–Crippen LogP) is 1.96. The zero-order valence-corrected chi connectivity index (χ0v) is 10.5. The molecule has 0 radical (unpaired) electrons. The first kappa shape index (κ1) is 12.7. The summed E-state index contributed by atoms with van der Waals surface area (Å²) in [6.07, 6.45) is 0. The number of carboxylic acids is 1. The molecule has 0 heterocycles. The molecule has 2 N–H and O–H groups in total. The molecule has 0 unspecified atom stereocenters. The van der Waals surface area contributed by atoms with Crippen LogP contribution >= 0.6 is 15.9 Å². The summed E-state index contributed by atoms with van der Waals surface area (Å²) in [5, 5.41) is 11.1. The van der Waals surface area contributed by atoms with Gasteiger partial charge in [-0.15, -0.1) is 0 Å². The maximum Gasteiger partial charge on any atom is 0.325 e. The van der Waals surface area contributed by atoms with E-state index in [4.69, 9.17) is 5.11 Å². The molecule has 0 aliphatic heterocycles. The van der Waals surface area contributed by atoms with Crippen LogP contribution in [0.1, 0.15) is 22.8 Å². The Labute approximate surface area is 102 Å². The van der Waals surface area contributed by atoms with Gasteiger partial charge in [0.1, 0.15) is 6.04 Å². The van der Waals surface area contributed by atoms with Gasteiger partial charge in [0.2, 0.25) is 0 Å². The molecule has 0 aliphatic rings. The maximum atomic E-state index is 11.7. The van der Waals surface area contributed by atoms with Crippen molar-refractivity contribution >= 4 is 27.8 Å². The predicted molar refractivity (Wildman–Crippen MR) is 63.4 cm³/mol. The van der Waals surface area contributed by atoms with Gasteiger partial charge >= 0.3 is 5.97 Å². The van der Waals surface area contributed by atoms with Gasteiger partial charge in [0.25, 0.3) is 5.91 Å². The summed E-state index contributed by atoms with van der Waals surface area (Å²) >= 11 is 3.29. The number of carbonyl (C=O) groups excluding carboxylic acids is 1. The lowest BCUT2D eigenvalue weighted by Gasteiger charge is -2.11. The largest absolute Gasteiger partial charge is 0.480 e. The number of halogens is 1. The number of nitrogens with one attached hydrogen (secondary N) is 1. The Kier molecular flexibility index (Phi) is 4.06. The Hall–Kier alpha value is -1.36. The highest BCUT2D eigenvalue weighted by molar-refractivity contribution is 9.10. The molecule has 0 spiro atoms. The number of carboxylic acid groups (broad SMARTS) is 1. The Morgan fingerprint density at radius 3 is 2.56 bits per heavy atom. The Bertz CT molecular complexity index is 431. The van der Waals surface area contributed by atoms with Crippen molar-refractivity contribution in [2.24, 2.45) is 0 Å². The molecule has 0 aliphatic carbocycles. The third-order valence-electron chi connectivity index (χ3n) is 2.15. The summed E-state index contributed by atoms with van der Waals surface area (Å²) in [7, 11) is 0. The van der Waals surface area contributed by atoms with Gasteiger partial charge in [-0.2, -0.15) is 0 Å². The van der Waals surface area contributed by atoms with E-state index < -0.39 is 12.0 Å². The molecule has 16 heavy (non-hydrogen) atoms. The fourth-order valence-corrected chi connectivity index (χ4v) is 1.69. The minimum atomic E-state index is -1.05. The minimum Gasteiger partial charge on any atom is -0.480 e. The van der Waals surface area contributed by atoms with Gasteiger partial charge in [-0.05, 0) is 37.6 Å². The first-order chi connectivity index (χ1) is 7.41. The smallest absolute Gasteiger partial charge is 0.325 e. The summed E-state index contributed by atoms with van der Waals surface area (Å²) < 4.78 is 0.882. The summed E-state index contributed by atoms with van der Waals surface area (Å²) in [5.41, 5.74) is 1.28. The summed E-state index contributed by atoms with van der Waals surface area (Å²) in [6, 6.07) is 4.31. The van der Waals surface area contributed by atoms with Crippen LogP contribution in [0.3, 0.4) is 0 Å². The second-order valence-electron chi connectivity index (χ2n) is 3.49. The molecular weight excluding hydrogens is 274 g/mol. The van der Waals surface area contributed by atoms with Crippen molar-refractivity contribution in [1.29, 1.82) is 0 Å². The lowest BCUT2D eigenvalue weighted by molar-refractivity contribution is -0.138. The fourth-order valence-electron chi connectivity index (χ4n) is 1.22. The molecule has 0 bridgehead atoms. The standard InChI is InChI=1S/C11H12BrNO3/c1-6-5-8(12)3-4-9(6)10(14)13-7(2)11(15)16/h3-5,7H,1-2H3,(H,13,14)(H,15,16)/t7-/m1/s1. The molecule has 1 aromatic carbocycles. The number of carbonyl (C=O) groups is 2. The van der Waals surface area contributed by atoms with E-state index in [9.17, 15) is 9.59 Å². The van der Waals surface area contributed by atoms with Crippen LogP contribution in [0.4, 0.5) is 0 Å². The van der Waals surface area contributed by atoms with Crippen molar-refractivity contribution in [3.8, 4) is 0 Å². The van der Waals surface area contributed by atoms with Crippen LogP contribution in [0, 0.1) is 6.92 Å². The van der Waals surface area contributed by atoms with Crippen molar-refractivity contribution in [3.05, 3.63) is 33.8 Å². The first-order valence-electron chi connectivity index (χ1n) is 4.71. The molecule has 4 nitrogen and oxygen atoms in total. The van der Waals surface area contributed by atoms with Gasteiger partial charge in [-0.25, -0.2) is 0 Å². The lowest BCUT2D eigenvalue weighted by Crippen LogP contribution is -2.38. The van der Waals surface area contributed by atoms with E-state index >= 15 is 0 Å². The lowest BCUT2D eigenvalue weighted by atomic mass is 10.1. The molecule has 1 rings (SSSR count). The van der Waals surface area contributed by atoms with E-state index in [-0.39, 0.29) is 5.91 Å². The monoisotopic (exact) mass is 285 g/mol. The zero-order valence-electron chi connectivity index (χ0n) is 8.95. The molecule has 5 heteroatoms. The van der Waals surface area contributed by atoms with Gasteiger partial charge in [-0.1, -0.05) is 15.9 Å². The number of rotatable bonds is 3. The van der Waals surface area contributed by atoms with Crippen molar-refractivity contribution in [3.63, 3.8) is 0 Å². The highest BCUT2D eigenvalue weighted by Gasteiger charge is 2.16. The number of aryl methyl sites for hydroxylation is 1. The van der Waals surface area contributed by atoms with Gasteiger partial charge in [-0.3, -0.25) is 9.59 Å². The summed E-state index contributed by atoms with van der Waals surface area (Å²) in [4.78, 5) is 22.3. The zero-order chi connectivity index (χ0) is 12.3. The van der Waals surface area contributed by atoms with Gasteiger partial charge in [0.05, 0.1) is 0 Å². The van der Waals surface area contributed by atoms with E-state index in [0.29, 0.717) is 5.56 Å². The third-order valence-corrected chi connectivity index (χ3v) is 2.64. The molecule has 0 fully saturated rings. The van der Waals surface area contributed by atoms with Gasteiger partial charge in [0.15, 0.2) is 0 Å². The summed E-state index contributed by atoms with van der Waals surface area (Å²) in [6.45, 7) is 3.22. The highest BCUT2D eigenvalue weighted by atomic mass is 79.9. The van der Waals surface area contributed by atoms with Crippen LogP contribution in [0.2, 0.25) is 0 Å². The molecule has 1 aromatic rings. The Morgan fingerprint density at radius 1 is 1.44 bits per heavy atom. The average Bonchev–Trinajstić information content (AvgIpc) is 2.16. The number of hydrogen-bond acceptors (Lipinski definition) is 2. The molecule has 0 saturated heterocycles. The maximum absolute atomic E-state index is 11.7. The van der Waals surface area contributed by atoms with E-state index in [2.05, 4.69) is 21.2 Å². The van der Waals surface area contributed by atoms with Crippen LogP contribution in [-0.2, 0) is 4.79 Å². The molecular formula is C11H12BrNO3.